The number of carbonyl (C=O) groups is 1. The Bertz CT molecular complexity index is 564. The van der Waals surface area contributed by atoms with Gasteiger partial charge in [0.05, 0.1) is 0 Å². The van der Waals surface area contributed by atoms with Gasteiger partial charge in [-0.1, -0.05) is 23.7 Å². The van der Waals surface area contributed by atoms with Gasteiger partial charge < -0.3 is 10.6 Å². The maximum atomic E-state index is 12.0. The first-order chi connectivity index (χ1) is 9.69. The molecular formula is C16H17ClN2O. The standard InChI is InChI=1S/C16H17ClN2O/c1-2-18-15-9-5-13(6-10-15)16(20)19-11-12-3-7-14(17)8-4-12/h3-10,18H,2,11H2,1H3,(H,19,20). The van der Waals surface area contributed by atoms with Crippen molar-refractivity contribution in [3.8, 4) is 0 Å². The molecule has 0 saturated heterocycles. The first kappa shape index (κ1) is 14.4. The Morgan fingerprint density at radius 3 is 2.30 bits per heavy atom. The molecular weight excluding hydrogens is 272 g/mol. The van der Waals surface area contributed by atoms with E-state index in [4.69, 9.17) is 11.6 Å². The lowest BCUT2D eigenvalue weighted by Gasteiger charge is -2.07. The van der Waals surface area contributed by atoms with Crippen LogP contribution in [0, 0.1) is 0 Å². The Kier molecular flexibility index (Phi) is 5.02. The maximum Gasteiger partial charge on any atom is 0.251 e. The number of rotatable bonds is 5. The second-order valence-electron chi connectivity index (χ2n) is 4.42. The van der Waals surface area contributed by atoms with E-state index in [9.17, 15) is 4.79 Å². The quantitative estimate of drug-likeness (QED) is 0.881. The van der Waals surface area contributed by atoms with Gasteiger partial charge in [-0.25, -0.2) is 0 Å². The second kappa shape index (κ2) is 6.96. The van der Waals surface area contributed by atoms with E-state index in [0.29, 0.717) is 17.1 Å². The average molecular weight is 289 g/mol. The first-order valence-electron chi connectivity index (χ1n) is 6.55. The molecule has 4 heteroatoms. The van der Waals surface area contributed by atoms with Crippen molar-refractivity contribution in [1.82, 2.24) is 5.32 Å². The van der Waals surface area contributed by atoms with Crippen molar-refractivity contribution in [2.75, 3.05) is 11.9 Å². The van der Waals surface area contributed by atoms with Gasteiger partial charge in [-0.2, -0.15) is 0 Å². The molecule has 2 aromatic carbocycles. The third-order valence-electron chi connectivity index (χ3n) is 2.89. The maximum absolute atomic E-state index is 12.0. The minimum Gasteiger partial charge on any atom is -0.385 e. The zero-order chi connectivity index (χ0) is 14.4. The van der Waals surface area contributed by atoms with Crippen LogP contribution in [0.15, 0.2) is 48.5 Å². The van der Waals surface area contributed by atoms with Gasteiger partial charge in [0.1, 0.15) is 0 Å². The summed E-state index contributed by atoms with van der Waals surface area (Å²) in [6.45, 7) is 3.39. The molecule has 0 unspecified atom stereocenters. The van der Waals surface area contributed by atoms with Crippen LogP contribution >= 0.6 is 11.6 Å². The van der Waals surface area contributed by atoms with E-state index in [0.717, 1.165) is 17.8 Å². The van der Waals surface area contributed by atoms with Crippen LogP contribution in [0.3, 0.4) is 0 Å². The van der Waals surface area contributed by atoms with Crippen molar-refractivity contribution in [3.05, 3.63) is 64.7 Å². The number of benzene rings is 2. The Morgan fingerprint density at radius 2 is 1.70 bits per heavy atom. The van der Waals surface area contributed by atoms with Crippen LogP contribution in [-0.2, 0) is 6.54 Å². The molecule has 20 heavy (non-hydrogen) atoms. The van der Waals surface area contributed by atoms with Gasteiger partial charge >= 0.3 is 0 Å². The van der Waals surface area contributed by atoms with Gasteiger partial charge in [0.15, 0.2) is 0 Å². The SMILES string of the molecule is CCNc1ccc(C(=O)NCc2ccc(Cl)cc2)cc1. The molecule has 2 N–H and O–H groups in total. The third-order valence-corrected chi connectivity index (χ3v) is 3.15. The molecule has 1 amide bonds. The smallest absolute Gasteiger partial charge is 0.251 e. The van der Waals surface area contributed by atoms with Crippen LogP contribution in [0.4, 0.5) is 5.69 Å². The summed E-state index contributed by atoms with van der Waals surface area (Å²) in [6.07, 6.45) is 0. The van der Waals surface area contributed by atoms with Crippen LogP contribution in [0.1, 0.15) is 22.8 Å². The summed E-state index contributed by atoms with van der Waals surface area (Å²) in [5.41, 5.74) is 2.69. The van der Waals surface area contributed by atoms with Crippen molar-refractivity contribution in [1.29, 1.82) is 0 Å². The number of amides is 1. The summed E-state index contributed by atoms with van der Waals surface area (Å²) >= 11 is 5.82. The molecule has 104 valence electrons. The number of hydrogen-bond acceptors (Lipinski definition) is 2. The second-order valence-corrected chi connectivity index (χ2v) is 4.85. The van der Waals surface area contributed by atoms with Gasteiger partial charge in [-0.3, -0.25) is 4.79 Å². The average Bonchev–Trinajstić information content (AvgIpc) is 2.47. The fourth-order valence-electron chi connectivity index (χ4n) is 1.83. The minimum atomic E-state index is -0.0806. The summed E-state index contributed by atoms with van der Waals surface area (Å²) in [5, 5.41) is 6.77. The number of carbonyl (C=O) groups excluding carboxylic acids is 1. The van der Waals surface area contributed by atoms with Crippen molar-refractivity contribution >= 4 is 23.2 Å². The van der Waals surface area contributed by atoms with Crippen molar-refractivity contribution in [2.45, 2.75) is 13.5 Å². The van der Waals surface area contributed by atoms with E-state index in [1.165, 1.54) is 0 Å². The summed E-state index contributed by atoms with van der Waals surface area (Å²) < 4.78 is 0. The zero-order valence-corrected chi connectivity index (χ0v) is 12.1. The molecule has 2 rings (SSSR count). The van der Waals surface area contributed by atoms with Gasteiger partial charge in [-0.05, 0) is 48.9 Å². The number of halogens is 1. The van der Waals surface area contributed by atoms with Crippen LogP contribution in [0.2, 0.25) is 5.02 Å². The monoisotopic (exact) mass is 288 g/mol. The van der Waals surface area contributed by atoms with E-state index in [1.807, 2.05) is 55.5 Å². The van der Waals surface area contributed by atoms with Crippen molar-refractivity contribution in [3.63, 3.8) is 0 Å². The third kappa shape index (κ3) is 4.00. The largest absolute Gasteiger partial charge is 0.385 e. The van der Waals surface area contributed by atoms with Gasteiger partial charge in [0.2, 0.25) is 0 Å². The highest BCUT2D eigenvalue weighted by Gasteiger charge is 2.04. The van der Waals surface area contributed by atoms with Crippen LogP contribution in [-0.4, -0.2) is 12.5 Å². The number of hydrogen-bond donors (Lipinski definition) is 2. The highest BCUT2D eigenvalue weighted by Crippen LogP contribution is 2.11. The molecule has 0 fully saturated rings. The van der Waals surface area contributed by atoms with E-state index >= 15 is 0 Å². The minimum absolute atomic E-state index is 0.0806. The molecule has 0 aliphatic carbocycles. The predicted octanol–water partition coefficient (Wildman–Crippen LogP) is 3.70. The molecule has 3 nitrogen and oxygen atoms in total. The molecule has 0 aromatic heterocycles. The van der Waals surface area contributed by atoms with Gasteiger partial charge in [0, 0.05) is 29.4 Å². The molecule has 0 radical (unpaired) electrons. The molecule has 0 atom stereocenters. The zero-order valence-electron chi connectivity index (χ0n) is 11.3. The molecule has 0 bridgehead atoms. The Morgan fingerprint density at radius 1 is 1.05 bits per heavy atom. The van der Waals surface area contributed by atoms with Crippen LogP contribution in [0.5, 0.6) is 0 Å². The van der Waals surface area contributed by atoms with E-state index < -0.39 is 0 Å². The summed E-state index contributed by atoms with van der Waals surface area (Å²) in [4.78, 5) is 12.0. The molecule has 2 aromatic rings. The van der Waals surface area contributed by atoms with Crippen molar-refractivity contribution in [2.24, 2.45) is 0 Å². The van der Waals surface area contributed by atoms with E-state index in [1.54, 1.807) is 0 Å². The molecule has 0 heterocycles. The lowest BCUT2D eigenvalue weighted by atomic mass is 10.1. The lowest BCUT2D eigenvalue weighted by molar-refractivity contribution is 0.0951. The van der Waals surface area contributed by atoms with Crippen LogP contribution < -0.4 is 10.6 Å². The lowest BCUT2D eigenvalue weighted by Crippen LogP contribution is -2.22. The fourth-order valence-corrected chi connectivity index (χ4v) is 1.96. The van der Waals surface area contributed by atoms with Gasteiger partial charge in [0.25, 0.3) is 5.91 Å². The summed E-state index contributed by atoms with van der Waals surface area (Å²) in [6, 6.07) is 14.9. The van der Waals surface area contributed by atoms with Crippen molar-refractivity contribution < 1.29 is 4.79 Å². The highest BCUT2D eigenvalue weighted by atomic mass is 35.5. The van der Waals surface area contributed by atoms with Gasteiger partial charge in [-0.15, -0.1) is 0 Å². The molecule has 0 aliphatic rings. The Balaban J connectivity index is 1.92. The number of nitrogens with one attached hydrogen (secondary N) is 2. The topological polar surface area (TPSA) is 41.1 Å². The number of anilines is 1. The van der Waals surface area contributed by atoms with E-state index in [2.05, 4.69) is 10.6 Å². The van der Waals surface area contributed by atoms with E-state index in [-0.39, 0.29) is 5.91 Å². The molecule has 0 aliphatic heterocycles. The molecule has 0 spiro atoms. The fraction of sp³-hybridized carbons (Fsp3) is 0.188. The Labute approximate surface area is 124 Å². The Hall–Kier alpha value is -2.00. The highest BCUT2D eigenvalue weighted by molar-refractivity contribution is 6.30. The molecule has 0 saturated carbocycles. The van der Waals surface area contributed by atoms with Crippen LogP contribution in [0.25, 0.3) is 0 Å². The summed E-state index contributed by atoms with van der Waals surface area (Å²) in [5.74, 6) is -0.0806. The summed E-state index contributed by atoms with van der Waals surface area (Å²) in [7, 11) is 0. The predicted molar refractivity (Wildman–Crippen MR) is 83.2 cm³/mol. The first-order valence-corrected chi connectivity index (χ1v) is 6.93. The normalized spacial score (nSPS) is 10.1.